The molecule has 2 heterocycles. The molecule has 5 rings (SSSR count). The number of rotatable bonds is 8. The number of sulfonamides is 1. The van der Waals surface area contributed by atoms with Gasteiger partial charge in [0.25, 0.3) is 0 Å². The van der Waals surface area contributed by atoms with Gasteiger partial charge in [-0.05, 0) is 67.0 Å². The van der Waals surface area contributed by atoms with Crippen LogP contribution in [0.1, 0.15) is 72.4 Å². The Bertz CT molecular complexity index is 1380. The Morgan fingerprint density at radius 3 is 2.57 bits per heavy atom. The van der Waals surface area contributed by atoms with Gasteiger partial charge in [-0.25, -0.2) is 22.9 Å². The highest BCUT2D eigenvalue weighted by Gasteiger charge is 2.31. The van der Waals surface area contributed by atoms with Crippen molar-refractivity contribution in [2.75, 3.05) is 19.0 Å². The number of hydrogen-bond acceptors (Lipinski definition) is 7. The molecular weight excluding hydrogens is 464 g/mol. The van der Waals surface area contributed by atoms with Crippen molar-refractivity contribution in [1.82, 2.24) is 14.7 Å². The molecule has 0 aliphatic heterocycles. The van der Waals surface area contributed by atoms with Crippen LogP contribution in [0.15, 0.2) is 41.6 Å². The molecule has 2 aliphatic carbocycles. The van der Waals surface area contributed by atoms with E-state index in [9.17, 15) is 13.2 Å². The van der Waals surface area contributed by atoms with Crippen molar-refractivity contribution >= 4 is 32.5 Å². The fraction of sp³-hybridized carbons (Fsp3) is 0.423. The van der Waals surface area contributed by atoms with Gasteiger partial charge in [0.05, 0.1) is 29.9 Å². The Morgan fingerprint density at radius 2 is 1.91 bits per heavy atom. The molecule has 1 atom stereocenters. The summed E-state index contributed by atoms with van der Waals surface area (Å²) >= 11 is 0. The highest BCUT2D eigenvalue weighted by Crippen LogP contribution is 2.44. The summed E-state index contributed by atoms with van der Waals surface area (Å²) in [6.45, 7) is 4.36. The zero-order valence-corrected chi connectivity index (χ0v) is 21.0. The van der Waals surface area contributed by atoms with E-state index in [-0.39, 0.29) is 17.7 Å². The first-order valence-corrected chi connectivity index (χ1v) is 13.5. The maximum atomic E-state index is 13.3. The predicted molar refractivity (Wildman–Crippen MR) is 134 cm³/mol. The fourth-order valence-electron chi connectivity index (χ4n) is 4.67. The molecule has 8 nitrogen and oxygen atoms in total. The lowest BCUT2D eigenvalue weighted by Gasteiger charge is -2.19. The molecule has 1 unspecified atom stereocenters. The monoisotopic (exact) mass is 494 g/mol. The van der Waals surface area contributed by atoms with Gasteiger partial charge in [0.2, 0.25) is 10.0 Å². The van der Waals surface area contributed by atoms with E-state index >= 15 is 0 Å². The lowest BCUT2D eigenvalue weighted by atomic mass is 9.99. The fourth-order valence-corrected chi connectivity index (χ4v) is 6.13. The van der Waals surface area contributed by atoms with Crippen LogP contribution >= 0.6 is 0 Å². The van der Waals surface area contributed by atoms with Crippen molar-refractivity contribution in [3.8, 4) is 0 Å². The van der Waals surface area contributed by atoms with E-state index in [0.717, 1.165) is 59.0 Å². The summed E-state index contributed by atoms with van der Waals surface area (Å²) in [6.07, 6.45) is 7.22. The number of methoxy groups -OCH3 is 1. The molecule has 184 valence electrons. The molecule has 2 N–H and O–H groups in total. The number of pyridine rings is 2. The number of fused-ring (bicyclic) bond motifs is 3. The van der Waals surface area contributed by atoms with Crippen LogP contribution in [0.2, 0.25) is 0 Å². The van der Waals surface area contributed by atoms with E-state index in [1.165, 1.54) is 7.11 Å². The third-order valence-electron chi connectivity index (χ3n) is 6.65. The van der Waals surface area contributed by atoms with Crippen LogP contribution in [-0.4, -0.2) is 38.0 Å². The van der Waals surface area contributed by atoms with Crippen molar-refractivity contribution in [3.05, 3.63) is 59.2 Å². The van der Waals surface area contributed by atoms with E-state index in [4.69, 9.17) is 9.72 Å². The number of aromatic nitrogens is 2. The summed E-state index contributed by atoms with van der Waals surface area (Å²) in [5.41, 5.74) is 4.08. The lowest BCUT2D eigenvalue weighted by molar-refractivity contribution is 0.0594. The van der Waals surface area contributed by atoms with Gasteiger partial charge in [-0.15, -0.1) is 0 Å². The predicted octanol–water partition coefficient (Wildman–Crippen LogP) is 4.33. The van der Waals surface area contributed by atoms with Crippen LogP contribution in [0.5, 0.6) is 0 Å². The number of hydrogen-bond donors (Lipinski definition) is 2. The Morgan fingerprint density at radius 1 is 1.11 bits per heavy atom. The molecule has 2 aliphatic rings. The summed E-state index contributed by atoms with van der Waals surface area (Å²) in [5, 5.41) is 5.11. The summed E-state index contributed by atoms with van der Waals surface area (Å²) in [4.78, 5) is 20.9. The van der Waals surface area contributed by atoms with Crippen molar-refractivity contribution in [3.63, 3.8) is 0 Å². The molecular formula is C26H30N4O4S. The first-order valence-electron chi connectivity index (χ1n) is 12.0. The van der Waals surface area contributed by atoms with Crippen molar-refractivity contribution in [2.45, 2.75) is 56.4 Å². The average molecular weight is 495 g/mol. The van der Waals surface area contributed by atoms with Crippen LogP contribution < -0.4 is 10.0 Å². The molecule has 35 heavy (non-hydrogen) atoms. The van der Waals surface area contributed by atoms with Crippen LogP contribution in [0.3, 0.4) is 0 Å². The Labute approximate surface area is 205 Å². The molecule has 0 saturated heterocycles. The maximum absolute atomic E-state index is 13.3. The SMILES string of the molecule is COC(=O)c1ccc(NC2CCc3cc(S(=O)(=O)NCC(C)C)c4cc(C5CC5)ncc4c32)cn1. The molecule has 0 radical (unpaired) electrons. The normalized spacial score (nSPS) is 17.5. The summed E-state index contributed by atoms with van der Waals surface area (Å²) < 4.78 is 34.2. The van der Waals surface area contributed by atoms with Gasteiger partial charge in [-0.3, -0.25) is 4.98 Å². The van der Waals surface area contributed by atoms with Gasteiger partial charge in [-0.1, -0.05) is 13.8 Å². The van der Waals surface area contributed by atoms with Crippen molar-refractivity contribution in [1.29, 1.82) is 0 Å². The number of benzene rings is 1. The number of nitrogens with zero attached hydrogens (tertiary/aromatic N) is 2. The summed E-state index contributed by atoms with van der Waals surface area (Å²) in [6, 6.07) is 7.22. The smallest absolute Gasteiger partial charge is 0.356 e. The van der Waals surface area contributed by atoms with Crippen molar-refractivity contribution < 1.29 is 17.9 Å². The Balaban J connectivity index is 1.55. The summed E-state index contributed by atoms with van der Waals surface area (Å²) in [7, 11) is -2.34. The molecule has 0 bridgehead atoms. The quantitative estimate of drug-likeness (QED) is 0.449. The largest absolute Gasteiger partial charge is 0.464 e. The third kappa shape index (κ3) is 4.75. The minimum atomic E-state index is -3.67. The average Bonchev–Trinajstić information content (AvgIpc) is 3.63. The first-order chi connectivity index (χ1) is 16.8. The van der Waals surface area contributed by atoms with Gasteiger partial charge in [0.1, 0.15) is 5.69 Å². The molecule has 1 saturated carbocycles. The van der Waals surface area contributed by atoms with Gasteiger partial charge in [-0.2, -0.15) is 0 Å². The topological polar surface area (TPSA) is 110 Å². The minimum Gasteiger partial charge on any atom is -0.464 e. The third-order valence-corrected chi connectivity index (χ3v) is 8.11. The van der Waals surface area contributed by atoms with Crippen LogP contribution in [0, 0.1) is 5.92 Å². The van der Waals surface area contributed by atoms with E-state index in [1.54, 1.807) is 18.3 Å². The number of aryl methyl sites for hydroxylation is 1. The van der Waals surface area contributed by atoms with Gasteiger partial charge < -0.3 is 10.1 Å². The number of carbonyl (C=O) groups excluding carboxylic acids is 1. The Hall–Kier alpha value is -3.04. The molecule has 0 amide bonds. The number of nitrogens with one attached hydrogen (secondary N) is 2. The first kappa shape index (κ1) is 23.7. The highest BCUT2D eigenvalue weighted by atomic mass is 32.2. The van der Waals surface area contributed by atoms with Crippen LogP contribution in [0.4, 0.5) is 5.69 Å². The molecule has 9 heteroatoms. The lowest BCUT2D eigenvalue weighted by Crippen LogP contribution is -2.28. The minimum absolute atomic E-state index is 0.0211. The second-order valence-corrected chi connectivity index (χ2v) is 11.5. The van der Waals surface area contributed by atoms with E-state index in [0.29, 0.717) is 17.4 Å². The Kier molecular flexibility index (Phi) is 6.23. The zero-order valence-electron chi connectivity index (χ0n) is 20.2. The standard InChI is InChI=1S/C26H30N4O4S/c1-15(2)12-29-35(32,33)24-10-17-6-8-21(30-18-7-9-22(27-13-18)26(31)34-3)25(17)20-14-28-23(11-19(20)24)16-4-5-16/h7,9-11,13-16,21,29-30H,4-6,8,12H2,1-3H3. The number of esters is 1. The maximum Gasteiger partial charge on any atom is 0.356 e. The number of ether oxygens (including phenoxy) is 1. The second kappa shape index (κ2) is 9.20. The van der Waals surface area contributed by atoms with Gasteiger partial charge in [0, 0.05) is 35.1 Å². The molecule has 2 aromatic heterocycles. The molecule has 3 aromatic rings. The van der Waals surface area contributed by atoms with Gasteiger partial charge >= 0.3 is 5.97 Å². The number of anilines is 1. The van der Waals surface area contributed by atoms with E-state index in [1.807, 2.05) is 32.2 Å². The van der Waals surface area contributed by atoms with Crippen LogP contribution in [0.25, 0.3) is 10.8 Å². The van der Waals surface area contributed by atoms with Gasteiger partial charge in [0.15, 0.2) is 0 Å². The zero-order chi connectivity index (χ0) is 24.7. The summed E-state index contributed by atoms with van der Waals surface area (Å²) in [5.74, 6) is 0.146. The highest BCUT2D eigenvalue weighted by molar-refractivity contribution is 7.89. The van der Waals surface area contributed by atoms with Crippen LogP contribution in [-0.2, 0) is 21.2 Å². The molecule has 0 spiro atoms. The number of carbonyl (C=O) groups is 1. The van der Waals surface area contributed by atoms with E-state index < -0.39 is 16.0 Å². The molecule has 1 fully saturated rings. The van der Waals surface area contributed by atoms with Crippen molar-refractivity contribution in [2.24, 2.45) is 5.92 Å². The van der Waals surface area contributed by atoms with E-state index in [2.05, 4.69) is 15.0 Å². The second-order valence-electron chi connectivity index (χ2n) is 9.78. The molecule has 1 aromatic carbocycles.